The molecule has 1 amide bonds. The van der Waals surface area contributed by atoms with E-state index in [0.29, 0.717) is 23.6 Å². The number of hydrogen-bond acceptors (Lipinski definition) is 3. The van der Waals surface area contributed by atoms with Crippen molar-refractivity contribution in [1.82, 2.24) is 10.6 Å². The first-order chi connectivity index (χ1) is 12.0. The van der Waals surface area contributed by atoms with Crippen LogP contribution in [0.2, 0.25) is 0 Å². The predicted octanol–water partition coefficient (Wildman–Crippen LogP) is 3.06. The van der Waals surface area contributed by atoms with Gasteiger partial charge in [-0.05, 0) is 68.6 Å². The van der Waals surface area contributed by atoms with Crippen molar-refractivity contribution in [2.24, 2.45) is 5.92 Å². The molecular formula is C20H29FN2O2. The van der Waals surface area contributed by atoms with Crippen molar-refractivity contribution >= 4 is 5.91 Å². The quantitative estimate of drug-likeness (QED) is 0.766. The minimum Gasteiger partial charge on any atom is -0.387 e. The Balaban J connectivity index is 1.45. The van der Waals surface area contributed by atoms with Crippen LogP contribution in [0.3, 0.4) is 0 Å². The van der Waals surface area contributed by atoms with Crippen LogP contribution in [0.4, 0.5) is 4.39 Å². The molecule has 0 bridgehead atoms. The van der Waals surface area contributed by atoms with Crippen LogP contribution in [0.15, 0.2) is 24.3 Å². The zero-order valence-corrected chi connectivity index (χ0v) is 14.9. The van der Waals surface area contributed by atoms with Gasteiger partial charge in [0.15, 0.2) is 0 Å². The smallest absolute Gasteiger partial charge is 0.217 e. The lowest BCUT2D eigenvalue weighted by Gasteiger charge is -2.30. The topological polar surface area (TPSA) is 61.4 Å². The maximum Gasteiger partial charge on any atom is 0.217 e. The highest BCUT2D eigenvalue weighted by Gasteiger charge is 2.32. The van der Waals surface area contributed by atoms with Crippen molar-refractivity contribution in [3.8, 4) is 0 Å². The summed E-state index contributed by atoms with van der Waals surface area (Å²) in [7, 11) is 0. The van der Waals surface area contributed by atoms with Crippen molar-refractivity contribution in [3.63, 3.8) is 0 Å². The number of nitrogens with one attached hydrogen (secondary N) is 2. The summed E-state index contributed by atoms with van der Waals surface area (Å²) in [6.45, 7) is 1.58. The van der Waals surface area contributed by atoms with Gasteiger partial charge in [0.1, 0.15) is 5.82 Å². The molecule has 3 atom stereocenters. The molecule has 3 N–H and O–H groups in total. The number of carbonyl (C=O) groups is 1. The molecule has 0 radical (unpaired) electrons. The van der Waals surface area contributed by atoms with Crippen LogP contribution in [0, 0.1) is 11.7 Å². The normalized spacial score (nSPS) is 30.8. The Morgan fingerprint density at radius 2 is 2.04 bits per heavy atom. The lowest BCUT2D eigenvalue weighted by atomic mass is 9.82. The van der Waals surface area contributed by atoms with E-state index in [2.05, 4.69) is 10.6 Å². The highest BCUT2D eigenvalue weighted by Crippen LogP contribution is 2.32. The fourth-order valence-corrected chi connectivity index (χ4v) is 4.44. The fraction of sp³-hybridized carbons (Fsp3) is 0.650. The molecule has 1 saturated heterocycles. The number of benzene rings is 1. The van der Waals surface area contributed by atoms with Crippen molar-refractivity contribution in [2.75, 3.05) is 0 Å². The monoisotopic (exact) mass is 348 g/mol. The van der Waals surface area contributed by atoms with Gasteiger partial charge in [0, 0.05) is 25.0 Å². The molecule has 3 rings (SSSR count). The summed E-state index contributed by atoms with van der Waals surface area (Å²) < 4.78 is 13.4. The van der Waals surface area contributed by atoms with Crippen LogP contribution < -0.4 is 10.6 Å². The molecule has 2 aliphatic rings. The summed E-state index contributed by atoms with van der Waals surface area (Å²) >= 11 is 0. The molecule has 1 aliphatic carbocycles. The van der Waals surface area contributed by atoms with Gasteiger partial charge in [-0.3, -0.25) is 4.79 Å². The van der Waals surface area contributed by atoms with Gasteiger partial charge in [0.2, 0.25) is 5.91 Å². The number of aliphatic hydroxyl groups excluding tert-OH is 1. The van der Waals surface area contributed by atoms with Crippen LogP contribution in [-0.4, -0.2) is 29.1 Å². The molecule has 1 aromatic rings. The number of halogens is 1. The Kier molecular flexibility index (Phi) is 6.07. The zero-order valence-electron chi connectivity index (χ0n) is 14.9. The maximum atomic E-state index is 13.4. The number of aliphatic hydroxyl groups is 1. The van der Waals surface area contributed by atoms with Gasteiger partial charge in [-0.25, -0.2) is 4.39 Å². The van der Waals surface area contributed by atoms with E-state index in [1.807, 2.05) is 0 Å². The van der Waals surface area contributed by atoms with E-state index in [0.717, 1.165) is 44.9 Å². The third kappa shape index (κ3) is 5.02. The standard InChI is InChI=1S/C20H29FN2O2/c1-13(24)22-17-7-5-14(6-8-17)11-18-9-10-19(23-18)20(25)15-3-2-4-16(21)12-15/h2-4,12,14,17-20,23,25H,5-11H2,1H3,(H,22,24)/t14?,17?,18-,19+,20-/m0/s1. The van der Waals surface area contributed by atoms with Gasteiger partial charge in [-0.1, -0.05) is 12.1 Å². The summed E-state index contributed by atoms with van der Waals surface area (Å²) in [5.41, 5.74) is 0.647. The van der Waals surface area contributed by atoms with Gasteiger partial charge in [0.25, 0.3) is 0 Å². The second-order valence-corrected chi connectivity index (χ2v) is 7.70. The third-order valence-electron chi connectivity index (χ3n) is 5.72. The van der Waals surface area contributed by atoms with Crippen molar-refractivity contribution in [2.45, 2.75) is 76.1 Å². The highest BCUT2D eigenvalue weighted by atomic mass is 19.1. The molecule has 25 heavy (non-hydrogen) atoms. The average Bonchev–Trinajstić information content (AvgIpc) is 3.04. The molecular weight excluding hydrogens is 319 g/mol. The van der Waals surface area contributed by atoms with E-state index < -0.39 is 6.10 Å². The molecule has 0 aromatic heterocycles. The zero-order chi connectivity index (χ0) is 17.8. The largest absolute Gasteiger partial charge is 0.387 e. The summed E-state index contributed by atoms with van der Waals surface area (Å²) in [5.74, 6) is 0.449. The molecule has 0 unspecified atom stereocenters. The Morgan fingerprint density at radius 3 is 2.72 bits per heavy atom. The van der Waals surface area contributed by atoms with Gasteiger partial charge in [-0.15, -0.1) is 0 Å². The summed E-state index contributed by atoms with van der Waals surface area (Å²) in [6, 6.07) is 7.02. The van der Waals surface area contributed by atoms with Crippen LogP contribution >= 0.6 is 0 Å². The summed E-state index contributed by atoms with van der Waals surface area (Å²) in [6.07, 6.45) is 6.88. The number of carbonyl (C=O) groups excluding carboxylic acids is 1. The lowest BCUT2D eigenvalue weighted by molar-refractivity contribution is -0.119. The fourth-order valence-electron chi connectivity index (χ4n) is 4.44. The lowest BCUT2D eigenvalue weighted by Crippen LogP contribution is -2.38. The van der Waals surface area contributed by atoms with Crippen LogP contribution in [0.5, 0.6) is 0 Å². The van der Waals surface area contributed by atoms with Gasteiger partial charge >= 0.3 is 0 Å². The minimum atomic E-state index is -0.656. The van der Waals surface area contributed by atoms with Crippen molar-refractivity contribution in [3.05, 3.63) is 35.6 Å². The average molecular weight is 348 g/mol. The third-order valence-corrected chi connectivity index (χ3v) is 5.72. The van der Waals surface area contributed by atoms with Crippen LogP contribution in [0.1, 0.15) is 63.5 Å². The first-order valence-electron chi connectivity index (χ1n) is 9.48. The molecule has 1 aliphatic heterocycles. The Morgan fingerprint density at radius 1 is 1.28 bits per heavy atom. The highest BCUT2D eigenvalue weighted by molar-refractivity contribution is 5.73. The van der Waals surface area contributed by atoms with E-state index >= 15 is 0 Å². The maximum absolute atomic E-state index is 13.4. The Bertz CT molecular complexity index is 587. The van der Waals surface area contributed by atoms with Crippen LogP contribution in [-0.2, 0) is 4.79 Å². The summed E-state index contributed by atoms with van der Waals surface area (Å²) in [4.78, 5) is 11.1. The molecule has 1 heterocycles. The Labute approximate surface area is 149 Å². The van der Waals surface area contributed by atoms with Gasteiger partial charge < -0.3 is 15.7 Å². The van der Waals surface area contributed by atoms with Gasteiger partial charge in [-0.2, -0.15) is 0 Å². The van der Waals surface area contributed by atoms with E-state index in [4.69, 9.17) is 0 Å². The minimum absolute atomic E-state index is 0.00233. The van der Waals surface area contributed by atoms with Crippen LogP contribution in [0.25, 0.3) is 0 Å². The molecule has 0 spiro atoms. The second kappa shape index (κ2) is 8.28. The van der Waals surface area contributed by atoms with E-state index in [-0.39, 0.29) is 17.8 Å². The van der Waals surface area contributed by atoms with E-state index in [9.17, 15) is 14.3 Å². The molecule has 1 aromatic carbocycles. The SMILES string of the molecule is CC(=O)NC1CCC(C[C@@H]2CC[C@H]([C@@H](O)c3cccc(F)c3)N2)CC1. The predicted molar refractivity (Wildman–Crippen MR) is 95.5 cm³/mol. The first-order valence-corrected chi connectivity index (χ1v) is 9.48. The molecule has 138 valence electrons. The molecule has 4 nitrogen and oxygen atoms in total. The van der Waals surface area contributed by atoms with E-state index in [1.54, 1.807) is 19.1 Å². The summed E-state index contributed by atoms with van der Waals surface area (Å²) in [5, 5.41) is 17.1. The van der Waals surface area contributed by atoms with Crippen molar-refractivity contribution in [1.29, 1.82) is 0 Å². The Hall–Kier alpha value is -1.46. The number of rotatable bonds is 5. The van der Waals surface area contributed by atoms with Crippen molar-refractivity contribution < 1.29 is 14.3 Å². The molecule has 5 heteroatoms. The molecule has 2 fully saturated rings. The van der Waals surface area contributed by atoms with E-state index in [1.165, 1.54) is 12.1 Å². The number of hydrogen-bond donors (Lipinski definition) is 3. The second-order valence-electron chi connectivity index (χ2n) is 7.70. The first kappa shape index (κ1) is 18.3. The molecule has 1 saturated carbocycles. The number of amides is 1. The van der Waals surface area contributed by atoms with Gasteiger partial charge in [0.05, 0.1) is 6.10 Å².